The zero-order valence-electron chi connectivity index (χ0n) is 14.8. The molecular formula is C18H26N2O6. The summed E-state index contributed by atoms with van der Waals surface area (Å²) in [6.45, 7) is 0.889. The van der Waals surface area contributed by atoms with E-state index in [1.54, 1.807) is 11.9 Å². The molecule has 1 aromatic rings. The highest BCUT2D eigenvalue weighted by molar-refractivity contribution is 5.84. The smallest absolute Gasteiger partial charge is 0.334 e. The van der Waals surface area contributed by atoms with Crippen LogP contribution in [0.3, 0.4) is 0 Å². The van der Waals surface area contributed by atoms with E-state index in [2.05, 4.69) is 0 Å². The van der Waals surface area contributed by atoms with Crippen molar-refractivity contribution < 1.29 is 30.1 Å². The summed E-state index contributed by atoms with van der Waals surface area (Å²) in [5, 5.41) is 18.6. The number of nitrogens with zero attached hydrogens (tertiary/aromatic N) is 2. The molecule has 8 nitrogen and oxygen atoms in total. The number of carboxylic acid groups (broad SMARTS) is 1. The number of hydrogen-bond acceptors (Lipinski definition) is 4. The Balaban J connectivity index is 0.00000338. The predicted molar refractivity (Wildman–Crippen MR) is 94.1 cm³/mol. The van der Waals surface area contributed by atoms with E-state index in [0.29, 0.717) is 25.9 Å². The van der Waals surface area contributed by atoms with Crippen molar-refractivity contribution in [3.63, 3.8) is 0 Å². The van der Waals surface area contributed by atoms with Crippen molar-refractivity contribution in [1.82, 2.24) is 9.80 Å². The van der Waals surface area contributed by atoms with Crippen LogP contribution in [0.15, 0.2) is 30.3 Å². The van der Waals surface area contributed by atoms with Crippen molar-refractivity contribution in [3.8, 4) is 0 Å². The standard InChI is InChI=1S/C18H24N2O5.H2O/c1-19(12-13-6-3-2-4-7-13)15(21)9-10-16(22)20-11-5-8-14(20)17(23)18(24)25;/h2-4,6-7,14,17,23H,5,8-12H2,1H3,(H,24,25);1H2/t14-,17-;/m0./s1. The molecule has 0 spiro atoms. The van der Waals surface area contributed by atoms with Crippen LogP contribution in [0.2, 0.25) is 0 Å². The van der Waals surface area contributed by atoms with E-state index in [-0.39, 0.29) is 30.1 Å². The van der Waals surface area contributed by atoms with Gasteiger partial charge in [-0.3, -0.25) is 9.59 Å². The molecule has 1 aliphatic heterocycles. The molecule has 1 aliphatic rings. The average molecular weight is 366 g/mol. The molecule has 8 heteroatoms. The number of aliphatic hydroxyl groups excluding tert-OH is 1. The highest BCUT2D eigenvalue weighted by Crippen LogP contribution is 2.22. The fourth-order valence-corrected chi connectivity index (χ4v) is 3.09. The Morgan fingerprint density at radius 1 is 1.23 bits per heavy atom. The second-order valence-electron chi connectivity index (χ2n) is 6.32. The second kappa shape index (κ2) is 9.88. The summed E-state index contributed by atoms with van der Waals surface area (Å²) in [6, 6.07) is 8.86. The predicted octanol–water partition coefficient (Wildman–Crippen LogP) is 0.0370. The molecule has 144 valence electrons. The van der Waals surface area contributed by atoms with Crippen LogP contribution in [-0.4, -0.2) is 69.0 Å². The van der Waals surface area contributed by atoms with Gasteiger partial charge in [0.15, 0.2) is 6.10 Å². The summed E-state index contributed by atoms with van der Waals surface area (Å²) < 4.78 is 0. The lowest BCUT2D eigenvalue weighted by molar-refractivity contribution is -0.152. The van der Waals surface area contributed by atoms with E-state index in [9.17, 15) is 19.5 Å². The van der Waals surface area contributed by atoms with Crippen LogP contribution in [-0.2, 0) is 20.9 Å². The van der Waals surface area contributed by atoms with E-state index in [0.717, 1.165) is 5.56 Å². The zero-order valence-corrected chi connectivity index (χ0v) is 14.8. The van der Waals surface area contributed by atoms with E-state index >= 15 is 0 Å². The number of amides is 2. The van der Waals surface area contributed by atoms with Crippen molar-refractivity contribution in [1.29, 1.82) is 0 Å². The number of likely N-dealkylation sites (tertiary alicyclic amines) is 1. The molecule has 2 amide bonds. The molecule has 1 aromatic carbocycles. The molecule has 0 aromatic heterocycles. The first-order valence-electron chi connectivity index (χ1n) is 8.38. The minimum Gasteiger partial charge on any atom is -0.479 e. The minimum atomic E-state index is -1.58. The fourth-order valence-electron chi connectivity index (χ4n) is 3.09. The molecule has 0 aliphatic carbocycles. The van der Waals surface area contributed by atoms with E-state index in [1.807, 2.05) is 30.3 Å². The Labute approximate surface area is 152 Å². The van der Waals surface area contributed by atoms with Crippen molar-refractivity contribution >= 4 is 17.8 Å². The summed E-state index contributed by atoms with van der Waals surface area (Å²) in [4.78, 5) is 38.4. The van der Waals surface area contributed by atoms with Gasteiger partial charge in [-0.1, -0.05) is 30.3 Å². The topological polar surface area (TPSA) is 130 Å². The van der Waals surface area contributed by atoms with Crippen molar-refractivity contribution in [3.05, 3.63) is 35.9 Å². The lowest BCUT2D eigenvalue weighted by Gasteiger charge is -2.27. The van der Waals surface area contributed by atoms with Gasteiger partial charge >= 0.3 is 5.97 Å². The third kappa shape index (κ3) is 5.53. The molecule has 2 rings (SSSR count). The van der Waals surface area contributed by atoms with Gasteiger partial charge in [-0.15, -0.1) is 0 Å². The maximum Gasteiger partial charge on any atom is 0.334 e. The van der Waals surface area contributed by atoms with Gasteiger partial charge in [0.2, 0.25) is 11.8 Å². The van der Waals surface area contributed by atoms with Gasteiger partial charge in [0.05, 0.1) is 6.04 Å². The number of carboxylic acids is 1. The lowest BCUT2D eigenvalue weighted by Crippen LogP contribution is -2.46. The molecule has 26 heavy (non-hydrogen) atoms. The maximum atomic E-state index is 12.3. The summed E-state index contributed by atoms with van der Waals surface area (Å²) in [6.07, 6.45) is -0.387. The first-order chi connectivity index (χ1) is 11.9. The van der Waals surface area contributed by atoms with Crippen LogP contribution in [0.1, 0.15) is 31.2 Å². The van der Waals surface area contributed by atoms with Crippen LogP contribution >= 0.6 is 0 Å². The third-order valence-corrected chi connectivity index (χ3v) is 4.48. The number of aliphatic hydroxyl groups is 1. The van der Waals surface area contributed by atoms with Gasteiger partial charge in [-0.2, -0.15) is 0 Å². The van der Waals surface area contributed by atoms with E-state index < -0.39 is 18.1 Å². The number of carbonyl (C=O) groups excluding carboxylic acids is 2. The first-order valence-corrected chi connectivity index (χ1v) is 8.38. The van der Waals surface area contributed by atoms with Crippen LogP contribution in [0.25, 0.3) is 0 Å². The van der Waals surface area contributed by atoms with Crippen molar-refractivity contribution in [2.45, 2.75) is 44.4 Å². The maximum absolute atomic E-state index is 12.3. The normalized spacial score (nSPS) is 17.3. The first kappa shape index (κ1) is 21.6. The van der Waals surface area contributed by atoms with Crippen molar-refractivity contribution in [2.75, 3.05) is 13.6 Å². The zero-order chi connectivity index (χ0) is 18.4. The number of rotatable bonds is 7. The average Bonchev–Trinajstić information content (AvgIpc) is 3.09. The van der Waals surface area contributed by atoms with Gasteiger partial charge in [0, 0.05) is 33.0 Å². The molecule has 2 atom stereocenters. The Bertz CT molecular complexity index is 621. The van der Waals surface area contributed by atoms with Gasteiger partial charge in [-0.25, -0.2) is 4.79 Å². The van der Waals surface area contributed by atoms with Crippen LogP contribution in [0, 0.1) is 0 Å². The largest absolute Gasteiger partial charge is 0.479 e. The number of hydrogen-bond donors (Lipinski definition) is 2. The Kier molecular flexibility index (Phi) is 8.21. The monoisotopic (exact) mass is 366 g/mol. The molecule has 1 saturated heterocycles. The minimum absolute atomic E-state index is 0. The van der Waals surface area contributed by atoms with Crippen LogP contribution in [0.4, 0.5) is 0 Å². The highest BCUT2D eigenvalue weighted by Gasteiger charge is 2.37. The molecule has 1 fully saturated rings. The van der Waals surface area contributed by atoms with Gasteiger partial charge in [0.25, 0.3) is 0 Å². The molecule has 1 heterocycles. The van der Waals surface area contributed by atoms with E-state index in [1.165, 1.54) is 4.90 Å². The SMILES string of the molecule is CN(Cc1ccccc1)C(=O)CCC(=O)N1CCC[C@H]1[C@H](O)C(=O)O.O. The van der Waals surface area contributed by atoms with E-state index in [4.69, 9.17) is 5.11 Å². The summed E-state index contributed by atoms with van der Waals surface area (Å²) in [5.74, 6) is -1.76. The molecule has 0 unspecified atom stereocenters. The summed E-state index contributed by atoms with van der Waals surface area (Å²) in [7, 11) is 1.69. The quantitative estimate of drug-likeness (QED) is 0.703. The summed E-state index contributed by atoms with van der Waals surface area (Å²) in [5.41, 5.74) is 1.01. The van der Waals surface area contributed by atoms with Crippen LogP contribution < -0.4 is 0 Å². The Morgan fingerprint density at radius 2 is 1.88 bits per heavy atom. The third-order valence-electron chi connectivity index (χ3n) is 4.48. The van der Waals surface area contributed by atoms with Gasteiger partial charge < -0.3 is 25.5 Å². The number of aliphatic carboxylic acids is 1. The number of benzene rings is 1. The Hall–Kier alpha value is -2.45. The molecule has 4 N–H and O–H groups in total. The Morgan fingerprint density at radius 3 is 2.50 bits per heavy atom. The van der Waals surface area contributed by atoms with Gasteiger partial charge in [0.1, 0.15) is 0 Å². The number of carbonyl (C=O) groups is 3. The van der Waals surface area contributed by atoms with Crippen molar-refractivity contribution in [2.24, 2.45) is 0 Å². The summed E-state index contributed by atoms with van der Waals surface area (Å²) >= 11 is 0. The molecule has 0 radical (unpaired) electrons. The van der Waals surface area contributed by atoms with Crippen LogP contribution in [0.5, 0.6) is 0 Å². The van der Waals surface area contributed by atoms with Gasteiger partial charge in [-0.05, 0) is 18.4 Å². The highest BCUT2D eigenvalue weighted by atomic mass is 16.4. The fraction of sp³-hybridized carbons (Fsp3) is 0.500. The lowest BCUT2D eigenvalue weighted by atomic mass is 10.1. The molecule has 0 bridgehead atoms. The molecule has 0 saturated carbocycles. The second-order valence-corrected chi connectivity index (χ2v) is 6.32. The molecular weight excluding hydrogens is 340 g/mol.